The SMILES string of the molecule is CCC(CC=O)C(CC)C(=O)O. The highest BCUT2D eigenvalue weighted by Gasteiger charge is 2.24. The largest absolute Gasteiger partial charge is 0.481 e. The Labute approximate surface area is 72.8 Å². The minimum atomic E-state index is -0.786. The van der Waals surface area contributed by atoms with Crippen LogP contribution in [0.5, 0.6) is 0 Å². The fourth-order valence-corrected chi connectivity index (χ4v) is 1.45. The Morgan fingerprint density at radius 2 is 2.00 bits per heavy atom. The normalized spacial score (nSPS) is 15.2. The summed E-state index contributed by atoms with van der Waals surface area (Å²) in [6.07, 6.45) is 2.52. The van der Waals surface area contributed by atoms with Crippen molar-refractivity contribution in [2.45, 2.75) is 33.1 Å². The second-order valence-corrected chi connectivity index (χ2v) is 2.92. The van der Waals surface area contributed by atoms with E-state index in [1.807, 2.05) is 13.8 Å². The standard InChI is InChI=1S/C9H16O3/c1-3-7(5-6-10)8(4-2)9(11)12/h6-8H,3-5H2,1-2H3,(H,11,12). The molecule has 0 aromatic carbocycles. The van der Waals surface area contributed by atoms with Crippen molar-refractivity contribution < 1.29 is 14.7 Å². The van der Waals surface area contributed by atoms with Crippen molar-refractivity contribution in [3.8, 4) is 0 Å². The van der Waals surface area contributed by atoms with Crippen molar-refractivity contribution in [1.82, 2.24) is 0 Å². The fourth-order valence-electron chi connectivity index (χ4n) is 1.45. The van der Waals surface area contributed by atoms with Crippen LogP contribution in [0.15, 0.2) is 0 Å². The average molecular weight is 172 g/mol. The summed E-state index contributed by atoms with van der Waals surface area (Å²) < 4.78 is 0. The smallest absolute Gasteiger partial charge is 0.306 e. The number of aliphatic carboxylic acids is 1. The minimum absolute atomic E-state index is 0.00463. The molecule has 3 heteroatoms. The van der Waals surface area contributed by atoms with E-state index < -0.39 is 5.97 Å². The zero-order valence-corrected chi connectivity index (χ0v) is 7.62. The van der Waals surface area contributed by atoms with E-state index in [0.717, 1.165) is 12.7 Å². The van der Waals surface area contributed by atoms with Gasteiger partial charge in [-0.05, 0) is 12.3 Å². The number of hydrogen-bond donors (Lipinski definition) is 1. The maximum Gasteiger partial charge on any atom is 0.306 e. The molecule has 0 aromatic heterocycles. The van der Waals surface area contributed by atoms with Crippen LogP contribution >= 0.6 is 0 Å². The van der Waals surface area contributed by atoms with Gasteiger partial charge in [0.1, 0.15) is 6.29 Å². The highest BCUT2D eigenvalue weighted by Crippen LogP contribution is 2.21. The van der Waals surface area contributed by atoms with Gasteiger partial charge in [0.25, 0.3) is 0 Å². The van der Waals surface area contributed by atoms with E-state index in [0.29, 0.717) is 12.8 Å². The van der Waals surface area contributed by atoms with Gasteiger partial charge in [-0.2, -0.15) is 0 Å². The van der Waals surface area contributed by atoms with Crippen molar-refractivity contribution in [2.75, 3.05) is 0 Å². The van der Waals surface area contributed by atoms with Crippen LogP contribution in [0.2, 0.25) is 0 Å². The highest BCUT2D eigenvalue weighted by atomic mass is 16.4. The van der Waals surface area contributed by atoms with Gasteiger partial charge >= 0.3 is 5.97 Å². The Hall–Kier alpha value is -0.860. The second-order valence-electron chi connectivity index (χ2n) is 2.92. The zero-order valence-electron chi connectivity index (χ0n) is 7.62. The van der Waals surface area contributed by atoms with Crippen molar-refractivity contribution in [3.05, 3.63) is 0 Å². The van der Waals surface area contributed by atoms with Gasteiger partial charge in [0, 0.05) is 6.42 Å². The van der Waals surface area contributed by atoms with Crippen LogP contribution in [0, 0.1) is 11.8 Å². The molecule has 2 unspecified atom stereocenters. The Kier molecular flexibility index (Phi) is 5.34. The lowest BCUT2D eigenvalue weighted by Crippen LogP contribution is -2.22. The topological polar surface area (TPSA) is 54.4 Å². The van der Waals surface area contributed by atoms with E-state index >= 15 is 0 Å². The fraction of sp³-hybridized carbons (Fsp3) is 0.778. The summed E-state index contributed by atoms with van der Waals surface area (Å²) in [6, 6.07) is 0. The monoisotopic (exact) mass is 172 g/mol. The molecule has 0 spiro atoms. The van der Waals surface area contributed by atoms with Crippen LogP contribution in [0.1, 0.15) is 33.1 Å². The summed E-state index contributed by atoms with van der Waals surface area (Å²) in [5, 5.41) is 8.79. The zero-order chi connectivity index (χ0) is 9.56. The van der Waals surface area contributed by atoms with Gasteiger partial charge in [-0.15, -0.1) is 0 Å². The molecule has 0 saturated carbocycles. The van der Waals surface area contributed by atoms with Crippen molar-refractivity contribution in [3.63, 3.8) is 0 Å². The maximum atomic E-state index is 10.7. The molecule has 2 atom stereocenters. The molecule has 0 amide bonds. The lowest BCUT2D eigenvalue weighted by atomic mass is 9.86. The van der Waals surface area contributed by atoms with Crippen LogP contribution in [-0.4, -0.2) is 17.4 Å². The third kappa shape index (κ3) is 3.03. The summed E-state index contributed by atoms with van der Waals surface area (Å²) in [4.78, 5) is 20.9. The van der Waals surface area contributed by atoms with E-state index in [1.54, 1.807) is 0 Å². The molecule has 0 fully saturated rings. The predicted molar refractivity (Wildman–Crippen MR) is 45.9 cm³/mol. The number of carboxylic acids is 1. The van der Waals surface area contributed by atoms with Crippen molar-refractivity contribution in [1.29, 1.82) is 0 Å². The first-order valence-corrected chi connectivity index (χ1v) is 4.33. The molecule has 0 aromatic rings. The van der Waals surface area contributed by atoms with Gasteiger partial charge in [0.05, 0.1) is 5.92 Å². The van der Waals surface area contributed by atoms with Crippen molar-refractivity contribution >= 4 is 12.3 Å². The first-order valence-electron chi connectivity index (χ1n) is 4.33. The van der Waals surface area contributed by atoms with E-state index in [-0.39, 0.29) is 11.8 Å². The van der Waals surface area contributed by atoms with E-state index in [2.05, 4.69) is 0 Å². The number of hydrogen-bond acceptors (Lipinski definition) is 2. The molecule has 0 heterocycles. The van der Waals surface area contributed by atoms with Crippen LogP contribution in [0.3, 0.4) is 0 Å². The van der Waals surface area contributed by atoms with Crippen molar-refractivity contribution in [2.24, 2.45) is 11.8 Å². The molecule has 12 heavy (non-hydrogen) atoms. The summed E-state index contributed by atoms with van der Waals surface area (Å²) in [7, 11) is 0. The van der Waals surface area contributed by atoms with Crippen LogP contribution in [-0.2, 0) is 9.59 Å². The molecule has 0 aliphatic rings. The summed E-state index contributed by atoms with van der Waals surface area (Å²) in [5.74, 6) is -1.14. The van der Waals surface area contributed by atoms with Crippen LogP contribution < -0.4 is 0 Å². The molecule has 0 aliphatic carbocycles. The summed E-state index contributed by atoms with van der Waals surface area (Å²) in [6.45, 7) is 3.76. The molecular weight excluding hydrogens is 156 g/mol. The van der Waals surface area contributed by atoms with E-state index in [9.17, 15) is 9.59 Å². The van der Waals surface area contributed by atoms with Gasteiger partial charge in [-0.25, -0.2) is 0 Å². The van der Waals surface area contributed by atoms with Gasteiger partial charge in [-0.1, -0.05) is 20.3 Å². The Morgan fingerprint density at radius 1 is 1.42 bits per heavy atom. The van der Waals surface area contributed by atoms with E-state index in [4.69, 9.17) is 5.11 Å². The molecule has 0 saturated heterocycles. The Balaban J connectivity index is 4.21. The predicted octanol–water partition coefficient (Wildman–Crippen LogP) is 1.71. The molecule has 70 valence electrons. The molecule has 1 N–H and O–H groups in total. The first kappa shape index (κ1) is 11.1. The molecule has 0 aliphatic heterocycles. The molecule has 0 radical (unpaired) electrons. The molecule has 0 rings (SSSR count). The minimum Gasteiger partial charge on any atom is -0.481 e. The molecular formula is C9H16O3. The summed E-state index contributed by atoms with van der Waals surface area (Å²) in [5.41, 5.74) is 0. The quantitative estimate of drug-likeness (QED) is 0.620. The lowest BCUT2D eigenvalue weighted by Gasteiger charge is -2.18. The van der Waals surface area contributed by atoms with Gasteiger partial charge in [0.15, 0.2) is 0 Å². The molecule has 3 nitrogen and oxygen atoms in total. The van der Waals surface area contributed by atoms with Crippen LogP contribution in [0.4, 0.5) is 0 Å². The number of carboxylic acid groups (broad SMARTS) is 1. The van der Waals surface area contributed by atoms with Crippen LogP contribution in [0.25, 0.3) is 0 Å². The number of carbonyl (C=O) groups excluding carboxylic acids is 1. The molecule has 0 bridgehead atoms. The first-order chi connectivity index (χ1) is 5.67. The number of carbonyl (C=O) groups is 2. The lowest BCUT2D eigenvalue weighted by molar-refractivity contribution is -0.144. The van der Waals surface area contributed by atoms with E-state index in [1.165, 1.54) is 0 Å². The van der Waals surface area contributed by atoms with Gasteiger partial charge in [0.2, 0.25) is 0 Å². The number of aldehydes is 1. The second kappa shape index (κ2) is 5.75. The Morgan fingerprint density at radius 3 is 2.25 bits per heavy atom. The third-order valence-corrected chi connectivity index (χ3v) is 2.25. The summed E-state index contributed by atoms with van der Waals surface area (Å²) >= 11 is 0. The Bertz CT molecular complexity index is 154. The average Bonchev–Trinajstić information content (AvgIpc) is 2.03. The number of rotatable bonds is 6. The third-order valence-electron chi connectivity index (χ3n) is 2.25. The van der Waals surface area contributed by atoms with Gasteiger partial charge < -0.3 is 9.90 Å². The highest BCUT2D eigenvalue weighted by molar-refractivity contribution is 5.70. The van der Waals surface area contributed by atoms with Gasteiger partial charge in [-0.3, -0.25) is 4.79 Å². The maximum absolute atomic E-state index is 10.7.